The first-order valence-corrected chi connectivity index (χ1v) is 6.47. The maximum absolute atomic E-state index is 10.6. The first-order valence-electron chi connectivity index (χ1n) is 6.09. The summed E-state index contributed by atoms with van der Waals surface area (Å²) in [5.41, 5.74) is 6.81. The van der Waals surface area contributed by atoms with Crippen molar-refractivity contribution in [3.05, 3.63) is 65.1 Å². The molecule has 0 aliphatic heterocycles. The highest BCUT2D eigenvalue weighted by Gasteiger charge is 2.18. The van der Waals surface area contributed by atoms with Crippen LogP contribution in [0.5, 0.6) is 0 Å². The second-order valence-electron chi connectivity index (χ2n) is 4.45. The number of pyridine rings is 2. The van der Waals surface area contributed by atoms with Gasteiger partial charge in [-0.25, -0.2) is 4.98 Å². The lowest BCUT2D eigenvalue weighted by Crippen LogP contribution is -2.07. The summed E-state index contributed by atoms with van der Waals surface area (Å²) in [4.78, 5) is 8.24. The first-order chi connectivity index (χ1) is 9.66. The number of rotatable bonds is 2. The zero-order valence-corrected chi connectivity index (χ0v) is 11.2. The largest absolute Gasteiger partial charge is 0.383 e. The molecule has 2 aromatic heterocycles. The number of hydrogen-bond donors (Lipinski definition) is 2. The smallest absolute Gasteiger partial charge is 0.129 e. The van der Waals surface area contributed by atoms with Crippen LogP contribution in [-0.2, 0) is 0 Å². The van der Waals surface area contributed by atoms with Gasteiger partial charge in [0.05, 0.1) is 10.7 Å². The Hall–Kier alpha value is -2.17. The fourth-order valence-electron chi connectivity index (χ4n) is 2.19. The van der Waals surface area contributed by atoms with Crippen LogP contribution in [-0.4, -0.2) is 15.1 Å². The Balaban J connectivity index is 2.17. The van der Waals surface area contributed by atoms with Crippen LogP contribution >= 0.6 is 11.6 Å². The van der Waals surface area contributed by atoms with E-state index in [1.165, 1.54) is 6.20 Å². The van der Waals surface area contributed by atoms with Crippen molar-refractivity contribution < 1.29 is 5.11 Å². The molecule has 0 saturated carbocycles. The second-order valence-corrected chi connectivity index (χ2v) is 4.88. The normalized spacial score (nSPS) is 12.5. The van der Waals surface area contributed by atoms with Gasteiger partial charge >= 0.3 is 0 Å². The third-order valence-electron chi connectivity index (χ3n) is 3.17. The molecule has 20 heavy (non-hydrogen) atoms. The van der Waals surface area contributed by atoms with Crippen LogP contribution in [0.3, 0.4) is 0 Å². The van der Waals surface area contributed by atoms with Gasteiger partial charge in [-0.05, 0) is 17.5 Å². The van der Waals surface area contributed by atoms with Crippen LogP contribution in [0.4, 0.5) is 5.82 Å². The van der Waals surface area contributed by atoms with E-state index in [4.69, 9.17) is 17.3 Å². The van der Waals surface area contributed by atoms with Gasteiger partial charge in [-0.2, -0.15) is 0 Å². The number of anilines is 1. The molecule has 1 aromatic carbocycles. The van der Waals surface area contributed by atoms with Crippen molar-refractivity contribution in [2.75, 3.05) is 5.73 Å². The van der Waals surface area contributed by atoms with Gasteiger partial charge in [-0.3, -0.25) is 4.98 Å². The molecule has 0 amide bonds. The molecule has 0 radical (unpaired) electrons. The fraction of sp³-hybridized carbons (Fsp3) is 0.0667. The van der Waals surface area contributed by atoms with E-state index in [1.54, 1.807) is 12.3 Å². The van der Waals surface area contributed by atoms with Crippen LogP contribution in [0, 0.1) is 0 Å². The van der Waals surface area contributed by atoms with Crippen molar-refractivity contribution >= 4 is 28.2 Å². The molecule has 4 nitrogen and oxygen atoms in total. The van der Waals surface area contributed by atoms with Crippen molar-refractivity contribution in [3.8, 4) is 0 Å². The molecule has 0 bridgehead atoms. The number of aliphatic hydroxyl groups excluding tert-OH is 1. The van der Waals surface area contributed by atoms with Gasteiger partial charge in [0.25, 0.3) is 0 Å². The molecule has 1 atom stereocenters. The minimum atomic E-state index is -0.965. The predicted molar refractivity (Wildman–Crippen MR) is 79.5 cm³/mol. The van der Waals surface area contributed by atoms with Crippen molar-refractivity contribution in [1.29, 1.82) is 0 Å². The van der Waals surface area contributed by atoms with E-state index >= 15 is 0 Å². The van der Waals surface area contributed by atoms with Gasteiger partial charge in [-0.1, -0.05) is 35.9 Å². The lowest BCUT2D eigenvalue weighted by molar-refractivity contribution is 0.217. The Kier molecular flexibility index (Phi) is 3.26. The predicted octanol–water partition coefficient (Wildman–Crippen LogP) is 2.95. The van der Waals surface area contributed by atoms with Crippen molar-refractivity contribution in [2.24, 2.45) is 0 Å². The highest BCUT2D eigenvalue weighted by Crippen LogP contribution is 2.30. The Morgan fingerprint density at radius 3 is 2.80 bits per heavy atom. The summed E-state index contributed by atoms with van der Waals surface area (Å²) in [6.45, 7) is 0. The minimum Gasteiger partial charge on any atom is -0.383 e. The lowest BCUT2D eigenvalue weighted by Gasteiger charge is -2.14. The van der Waals surface area contributed by atoms with Crippen LogP contribution in [0.15, 0.2) is 48.8 Å². The molecule has 0 fully saturated rings. The SMILES string of the molecule is Nc1ncc(Cl)cc1C(O)c1nccc2ccccc12. The molecule has 1 unspecified atom stereocenters. The molecular weight excluding hydrogens is 274 g/mol. The molecule has 0 aliphatic rings. The number of nitrogens with zero attached hydrogens (tertiary/aromatic N) is 2. The molecule has 100 valence electrons. The number of hydrogen-bond acceptors (Lipinski definition) is 4. The average Bonchev–Trinajstić information content (AvgIpc) is 2.48. The van der Waals surface area contributed by atoms with Gasteiger partial charge in [0.1, 0.15) is 11.9 Å². The Labute approximate surface area is 120 Å². The van der Waals surface area contributed by atoms with E-state index in [0.29, 0.717) is 16.3 Å². The van der Waals surface area contributed by atoms with Gasteiger partial charge in [-0.15, -0.1) is 0 Å². The van der Waals surface area contributed by atoms with Crippen LogP contribution in [0.25, 0.3) is 10.8 Å². The maximum atomic E-state index is 10.6. The van der Waals surface area contributed by atoms with Gasteiger partial charge < -0.3 is 10.8 Å². The lowest BCUT2D eigenvalue weighted by atomic mass is 10.0. The van der Waals surface area contributed by atoms with Crippen LogP contribution in [0.2, 0.25) is 5.02 Å². The first kappa shape index (κ1) is 12.8. The topological polar surface area (TPSA) is 72.0 Å². The standard InChI is InChI=1S/C15H12ClN3O/c16-10-7-12(15(17)19-8-10)14(20)13-11-4-2-1-3-9(11)5-6-18-13/h1-8,14,20H,(H2,17,19). The van der Waals surface area contributed by atoms with Crippen LogP contribution in [0.1, 0.15) is 17.4 Å². The molecule has 3 rings (SSSR count). The number of aromatic nitrogens is 2. The molecule has 0 aliphatic carbocycles. The van der Waals surface area contributed by atoms with Gasteiger partial charge in [0.2, 0.25) is 0 Å². The number of benzene rings is 1. The van der Waals surface area contributed by atoms with E-state index in [-0.39, 0.29) is 5.82 Å². The number of fused-ring (bicyclic) bond motifs is 1. The summed E-state index contributed by atoms with van der Waals surface area (Å²) in [5.74, 6) is 0.247. The second kappa shape index (κ2) is 5.07. The Bertz CT molecular complexity index is 771. The number of aliphatic hydroxyl groups is 1. The number of halogens is 1. The van der Waals surface area contributed by atoms with Crippen LogP contribution < -0.4 is 5.73 Å². The summed E-state index contributed by atoms with van der Waals surface area (Å²) < 4.78 is 0. The van der Waals surface area contributed by atoms with E-state index < -0.39 is 6.10 Å². The molecule has 0 saturated heterocycles. The third kappa shape index (κ3) is 2.19. The van der Waals surface area contributed by atoms with Crippen molar-refractivity contribution in [1.82, 2.24) is 9.97 Å². The van der Waals surface area contributed by atoms with E-state index in [9.17, 15) is 5.11 Å². The van der Waals surface area contributed by atoms with E-state index in [0.717, 1.165) is 10.8 Å². The molecular formula is C15H12ClN3O. The van der Waals surface area contributed by atoms with E-state index in [2.05, 4.69) is 9.97 Å². The number of nitrogen functional groups attached to an aromatic ring is 1. The summed E-state index contributed by atoms with van der Waals surface area (Å²) >= 11 is 5.92. The molecule has 2 heterocycles. The zero-order chi connectivity index (χ0) is 14.1. The van der Waals surface area contributed by atoms with Gasteiger partial charge in [0.15, 0.2) is 0 Å². The van der Waals surface area contributed by atoms with Crippen molar-refractivity contribution in [2.45, 2.75) is 6.10 Å². The third-order valence-corrected chi connectivity index (χ3v) is 3.38. The highest BCUT2D eigenvalue weighted by molar-refractivity contribution is 6.30. The Morgan fingerprint density at radius 2 is 1.95 bits per heavy atom. The molecule has 0 spiro atoms. The maximum Gasteiger partial charge on any atom is 0.129 e. The summed E-state index contributed by atoms with van der Waals surface area (Å²) in [6.07, 6.45) is 2.14. The van der Waals surface area contributed by atoms with E-state index in [1.807, 2.05) is 30.3 Å². The average molecular weight is 286 g/mol. The molecule has 3 N–H and O–H groups in total. The minimum absolute atomic E-state index is 0.247. The molecule has 3 aromatic rings. The van der Waals surface area contributed by atoms with Gasteiger partial charge in [0, 0.05) is 23.3 Å². The highest BCUT2D eigenvalue weighted by atomic mass is 35.5. The Morgan fingerprint density at radius 1 is 1.15 bits per heavy atom. The monoisotopic (exact) mass is 285 g/mol. The van der Waals surface area contributed by atoms with Crippen molar-refractivity contribution in [3.63, 3.8) is 0 Å². The summed E-state index contributed by atoms with van der Waals surface area (Å²) in [7, 11) is 0. The fourth-order valence-corrected chi connectivity index (χ4v) is 2.36. The molecule has 5 heteroatoms. The number of nitrogens with two attached hydrogens (primary N) is 1. The quantitative estimate of drug-likeness (QED) is 0.759. The zero-order valence-electron chi connectivity index (χ0n) is 10.5. The summed E-state index contributed by atoms with van der Waals surface area (Å²) in [6, 6.07) is 11.2. The summed E-state index contributed by atoms with van der Waals surface area (Å²) in [5, 5.41) is 12.9.